The molecule has 1 aromatic carbocycles. The summed E-state index contributed by atoms with van der Waals surface area (Å²) in [4.78, 5) is 0. The standard InChI is InChI=1S/C8F4N2.C6H12.CH3Cl.CH4/c9-5-3(1-13)4(2-14)6(10)8(12)7(5)11;1-4-5(2)6(4)3;1-2;/h;4-6H,1-3H3;1H3;1H4. The minimum Gasteiger partial charge on any atom is -0.202 e. The number of hydrogen-bond donors (Lipinski definition) is 0. The van der Waals surface area contributed by atoms with Gasteiger partial charge in [0.15, 0.2) is 23.3 Å². The Labute approximate surface area is 139 Å². The molecule has 0 saturated heterocycles. The van der Waals surface area contributed by atoms with E-state index < -0.39 is 34.4 Å². The van der Waals surface area contributed by atoms with E-state index in [1.165, 1.54) is 6.38 Å². The molecule has 0 N–H and O–H groups in total. The maximum atomic E-state index is 12.7. The summed E-state index contributed by atoms with van der Waals surface area (Å²) in [6.07, 6.45) is 1.47. The molecule has 1 fully saturated rings. The molecule has 0 unspecified atom stereocenters. The summed E-state index contributed by atoms with van der Waals surface area (Å²) in [5.74, 6) is -4.86. The van der Waals surface area contributed by atoms with Gasteiger partial charge < -0.3 is 0 Å². The molecule has 2 nitrogen and oxygen atoms in total. The van der Waals surface area contributed by atoms with Crippen molar-refractivity contribution >= 4 is 11.6 Å². The smallest absolute Gasteiger partial charge is 0.198 e. The largest absolute Gasteiger partial charge is 0.202 e. The Bertz CT molecular complexity index is 555. The fourth-order valence-electron chi connectivity index (χ4n) is 1.75. The number of halogens is 5. The van der Waals surface area contributed by atoms with Crippen molar-refractivity contribution in [3.63, 3.8) is 0 Å². The second-order valence-corrected chi connectivity index (χ2v) is 4.81. The quantitative estimate of drug-likeness (QED) is 0.273. The molecular formula is C16H19ClF4N2. The van der Waals surface area contributed by atoms with Crippen molar-refractivity contribution in [2.45, 2.75) is 28.2 Å². The zero-order valence-corrected chi connectivity index (χ0v) is 13.3. The summed E-state index contributed by atoms with van der Waals surface area (Å²) in [6, 6.07) is 2.16. The van der Waals surface area contributed by atoms with Gasteiger partial charge in [-0.25, -0.2) is 17.6 Å². The van der Waals surface area contributed by atoms with E-state index in [-0.39, 0.29) is 7.43 Å². The van der Waals surface area contributed by atoms with Crippen LogP contribution < -0.4 is 0 Å². The summed E-state index contributed by atoms with van der Waals surface area (Å²) in [5.41, 5.74) is -2.27. The predicted octanol–water partition coefficient (Wildman–Crippen LogP) is 5.39. The Morgan fingerprint density at radius 1 is 0.696 bits per heavy atom. The van der Waals surface area contributed by atoms with Crippen molar-refractivity contribution in [1.29, 1.82) is 10.5 Å². The first-order chi connectivity index (χ1) is 10.3. The van der Waals surface area contributed by atoms with Gasteiger partial charge >= 0.3 is 0 Å². The van der Waals surface area contributed by atoms with Gasteiger partial charge in [0.2, 0.25) is 0 Å². The van der Waals surface area contributed by atoms with Crippen molar-refractivity contribution in [2.75, 3.05) is 6.38 Å². The van der Waals surface area contributed by atoms with E-state index in [0.29, 0.717) is 0 Å². The third-order valence-electron chi connectivity index (χ3n) is 3.84. The van der Waals surface area contributed by atoms with Crippen molar-refractivity contribution in [3.8, 4) is 12.1 Å². The summed E-state index contributed by atoms with van der Waals surface area (Å²) in [6.45, 7) is 6.94. The fraction of sp³-hybridized carbons (Fsp3) is 0.500. The molecule has 0 amide bonds. The van der Waals surface area contributed by atoms with Crippen LogP contribution in [0.1, 0.15) is 39.3 Å². The number of rotatable bonds is 0. The van der Waals surface area contributed by atoms with Crippen molar-refractivity contribution in [2.24, 2.45) is 17.8 Å². The lowest BCUT2D eigenvalue weighted by Crippen LogP contribution is -2.04. The molecule has 1 aromatic rings. The fourth-order valence-corrected chi connectivity index (χ4v) is 1.75. The summed E-state index contributed by atoms with van der Waals surface area (Å²) < 4.78 is 50.5. The van der Waals surface area contributed by atoms with Crippen LogP contribution in [-0.2, 0) is 0 Å². The highest BCUT2D eigenvalue weighted by Crippen LogP contribution is 2.44. The molecule has 0 spiro atoms. The van der Waals surface area contributed by atoms with Gasteiger partial charge in [-0.3, -0.25) is 0 Å². The second kappa shape index (κ2) is 10.1. The first kappa shape index (κ1) is 23.5. The SMILES string of the molecule is C.CC1C(C)C1C.CCl.N#Cc1c(F)c(F)c(F)c(F)c1C#N. The van der Waals surface area contributed by atoms with Crippen molar-refractivity contribution in [1.82, 2.24) is 0 Å². The normalized spacial score (nSPS) is 20.4. The van der Waals surface area contributed by atoms with Crippen LogP contribution in [0.3, 0.4) is 0 Å². The predicted molar refractivity (Wildman–Crippen MR) is 81.7 cm³/mol. The second-order valence-electron chi connectivity index (χ2n) is 4.81. The molecule has 0 atom stereocenters. The van der Waals surface area contributed by atoms with Gasteiger partial charge in [0.25, 0.3) is 0 Å². The van der Waals surface area contributed by atoms with E-state index >= 15 is 0 Å². The highest BCUT2D eigenvalue weighted by Gasteiger charge is 2.37. The first-order valence-corrected chi connectivity index (χ1v) is 7.07. The van der Waals surface area contributed by atoms with Gasteiger partial charge in [-0.2, -0.15) is 10.5 Å². The Hall–Kier alpha value is -1.79. The number of benzene rings is 1. The van der Waals surface area contributed by atoms with Crippen molar-refractivity contribution < 1.29 is 17.6 Å². The highest BCUT2D eigenvalue weighted by molar-refractivity contribution is 6.15. The molecule has 128 valence electrons. The van der Waals surface area contributed by atoms with E-state index in [0.717, 1.165) is 29.9 Å². The van der Waals surface area contributed by atoms with Crippen LogP contribution in [0.25, 0.3) is 0 Å². The summed E-state index contributed by atoms with van der Waals surface area (Å²) >= 11 is 4.64. The minimum atomic E-state index is -2.10. The van der Waals surface area contributed by atoms with Gasteiger partial charge in [0.1, 0.15) is 23.3 Å². The monoisotopic (exact) mass is 350 g/mol. The molecular weight excluding hydrogens is 332 g/mol. The number of alkyl halides is 1. The number of nitrogens with zero attached hydrogens (tertiary/aromatic N) is 2. The van der Waals surface area contributed by atoms with E-state index in [4.69, 9.17) is 10.5 Å². The van der Waals surface area contributed by atoms with Gasteiger partial charge in [-0.1, -0.05) is 28.2 Å². The molecule has 0 heterocycles. The minimum absolute atomic E-state index is 0. The van der Waals surface area contributed by atoms with Gasteiger partial charge in [0.05, 0.1) is 0 Å². The Kier molecular flexibility index (Phi) is 10.3. The van der Waals surface area contributed by atoms with Crippen LogP contribution in [-0.4, -0.2) is 6.38 Å². The van der Waals surface area contributed by atoms with Gasteiger partial charge in [-0.05, 0) is 17.8 Å². The zero-order chi connectivity index (χ0) is 17.6. The Morgan fingerprint density at radius 3 is 1.04 bits per heavy atom. The van der Waals surface area contributed by atoms with Crippen LogP contribution in [0.4, 0.5) is 17.6 Å². The number of nitriles is 2. The Balaban J connectivity index is 0. The van der Waals surface area contributed by atoms with E-state index in [1.54, 1.807) is 0 Å². The maximum absolute atomic E-state index is 12.7. The molecule has 0 radical (unpaired) electrons. The molecule has 7 heteroatoms. The van der Waals surface area contributed by atoms with E-state index in [1.807, 2.05) is 0 Å². The third kappa shape index (κ3) is 5.11. The highest BCUT2D eigenvalue weighted by atomic mass is 35.5. The number of hydrogen-bond acceptors (Lipinski definition) is 2. The van der Waals surface area contributed by atoms with Gasteiger partial charge in [0, 0.05) is 6.38 Å². The van der Waals surface area contributed by atoms with Crippen LogP contribution >= 0.6 is 11.6 Å². The molecule has 0 bridgehead atoms. The van der Waals surface area contributed by atoms with Crippen LogP contribution in [0.15, 0.2) is 0 Å². The molecule has 1 saturated carbocycles. The van der Waals surface area contributed by atoms with Crippen molar-refractivity contribution in [3.05, 3.63) is 34.4 Å². The van der Waals surface area contributed by atoms with E-state index in [9.17, 15) is 17.6 Å². The van der Waals surface area contributed by atoms with Crippen LogP contribution in [0.5, 0.6) is 0 Å². The topological polar surface area (TPSA) is 47.6 Å². The average molecular weight is 351 g/mol. The molecule has 23 heavy (non-hydrogen) atoms. The maximum Gasteiger partial charge on any atom is 0.198 e. The molecule has 0 aromatic heterocycles. The van der Waals surface area contributed by atoms with Crippen LogP contribution in [0.2, 0.25) is 0 Å². The third-order valence-corrected chi connectivity index (χ3v) is 3.84. The Morgan fingerprint density at radius 2 is 0.913 bits per heavy atom. The molecule has 2 rings (SSSR count). The van der Waals surface area contributed by atoms with E-state index in [2.05, 4.69) is 32.4 Å². The lowest BCUT2D eigenvalue weighted by molar-refractivity contribution is 0.406. The lowest BCUT2D eigenvalue weighted by atomic mass is 10.1. The average Bonchev–Trinajstić information content (AvgIpc) is 3.07. The summed E-state index contributed by atoms with van der Waals surface area (Å²) in [7, 11) is 0. The first-order valence-electron chi connectivity index (χ1n) is 6.31. The van der Waals surface area contributed by atoms with Gasteiger partial charge in [-0.15, -0.1) is 11.6 Å². The molecule has 0 aliphatic heterocycles. The molecule has 1 aliphatic carbocycles. The molecule has 1 aliphatic rings. The van der Waals surface area contributed by atoms with Crippen LogP contribution in [0, 0.1) is 63.7 Å². The zero-order valence-electron chi connectivity index (χ0n) is 12.5. The lowest BCUT2D eigenvalue weighted by Gasteiger charge is -2.01. The summed E-state index contributed by atoms with van der Waals surface area (Å²) in [5, 5.41) is 16.5.